The van der Waals surface area contributed by atoms with Crippen molar-refractivity contribution < 1.29 is 9.53 Å². The third kappa shape index (κ3) is 4.83. The van der Waals surface area contributed by atoms with Crippen LogP contribution in [0.2, 0.25) is 0 Å². The van der Waals surface area contributed by atoms with Crippen molar-refractivity contribution in [2.75, 3.05) is 25.6 Å². The molecule has 2 amide bonds. The highest BCUT2D eigenvalue weighted by molar-refractivity contribution is 5.89. The summed E-state index contributed by atoms with van der Waals surface area (Å²) in [6.07, 6.45) is 0. The zero-order valence-corrected chi connectivity index (χ0v) is 12.7. The monoisotopic (exact) mass is 279 g/mol. The maximum Gasteiger partial charge on any atom is 0.322 e. The van der Waals surface area contributed by atoms with Gasteiger partial charge < -0.3 is 20.7 Å². The molecule has 0 saturated heterocycles. The summed E-state index contributed by atoms with van der Waals surface area (Å²) >= 11 is 0. The van der Waals surface area contributed by atoms with E-state index in [0.29, 0.717) is 13.2 Å². The molecule has 1 unspecified atom stereocenters. The van der Waals surface area contributed by atoms with Crippen LogP contribution in [0.1, 0.15) is 32.4 Å². The van der Waals surface area contributed by atoms with Crippen LogP contribution in [0, 0.1) is 0 Å². The second kappa shape index (κ2) is 7.87. The number of carbonyl (C=O) groups is 1. The van der Waals surface area contributed by atoms with Crippen LogP contribution in [0.4, 0.5) is 10.5 Å². The summed E-state index contributed by atoms with van der Waals surface area (Å²) in [6, 6.07) is 7.58. The second-order valence-electron chi connectivity index (χ2n) is 5.12. The number of nitrogens with one attached hydrogen (secondary N) is 1. The Labute approximate surface area is 121 Å². The topological polar surface area (TPSA) is 67.6 Å². The van der Waals surface area contributed by atoms with E-state index in [-0.39, 0.29) is 18.1 Å². The number of nitrogens with two attached hydrogens (primary N) is 1. The first-order valence-electron chi connectivity index (χ1n) is 6.87. The number of anilines is 1. The molecular weight excluding hydrogens is 254 g/mol. The van der Waals surface area contributed by atoms with Crippen molar-refractivity contribution in [3.63, 3.8) is 0 Å². The molecular formula is C15H25N3O2. The van der Waals surface area contributed by atoms with E-state index >= 15 is 0 Å². The molecule has 5 heteroatoms. The fraction of sp³-hybridized carbons (Fsp3) is 0.533. The van der Waals surface area contributed by atoms with Gasteiger partial charge in [0, 0.05) is 31.4 Å². The van der Waals surface area contributed by atoms with E-state index in [2.05, 4.69) is 5.32 Å². The van der Waals surface area contributed by atoms with Gasteiger partial charge in [0.1, 0.15) is 0 Å². The highest BCUT2D eigenvalue weighted by atomic mass is 16.5. The van der Waals surface area contributed by atoms with E-state index in [9.17, 15) is 4.79 Å². The molecule has 0 aliphatic heterocycles. The Morgan fingerprint density at radius 2 is 1.90 bits per heavy atom. The average molecular weight is 279 g/mol. The zero-order chi connectivity index (χ0) is 15.1. The van der Waals surface area contributed by atoms with Gasteiger partial charge in [-0.05, 0) is 38.5 Å². The van der Waals surface area contributed by atoms with Gasteiger partial charge in [-0.3, -0.25) is 0 Å². The Morgan fingerprint density at radius 1 is 1.30 bits per heavy atom. The maximum atomic E-state index is 12.2. The first kappa shape index (κ1) is 16.5. The number of amides is 2. The molecule has 0 aliphatic rings. The third-order valence-electron chi connectivity index (χ3n) is 3.11. The lowest BCUT2D eigenvalue weighted by Gasteiger charge is -2.26. The van der Waals surface area contributed by atoms with Crippen LogP contribution in [0.25, 0.3) is 0 Å². The molecule has 5 nitrogen and oxygen atoms in total. The van der Waals surface area contributed by atoms with Crippen molar-refractivity contribution >= 4 is 11.7 Å². The molecule has 0 aliphatic carbocycles. The van der Waals surface area contributed by atoms with Crippen LogP contribution in [-0.4, -0.2) is 37.2 Å². The molecule has 1 rings (SSSR count). The van der Waals surface area contributed by atoms with E-state index in [4.69, 9.17) is 10.5 Å². The Balaban J connectivity index is 2.67. The summed E-state index contributed by atoms with van der Waals surface area (Å²) in [4.78, 5) is 14.0. The first-order chi connectivity index (χ1) is 9.45. The lowest BCUT2D eigenvalue weighted by atomic mass is 10.1. The Hall–Kier alpha value is -1.59. The van der Waals surface area contributed by atoms with Gasteiger partial charge in [-0.1, -0.05) is 12.1 Å². The number of rotatable bonds is 6. The Kier molecular flexibility index (Phi) is 6.48. The lowest BCUT2D eigenvalue weighted by Crippen LogP contribution is -2.42. The number of urea groups is 1. The third-order valence-corrected chi connectivity index (χ3v) is 3.11. The van der Waals surface area contributed by atoms with Crippen molar-refractivity contribution in [1.29, 1.82) is 0 Å². The summed E-state index contributed by atoms with van der Waals surface area (Å²) in [5.74, 6) is 0. The summed E-state index contributed by atoms with van der Waals surface area (Å²) < 4.78 is 5.03. The van der Waals surface area contributed by atoms with Gasteiger partial charge in [-0.2, -0.15) is 0 Å². The van der Waals surface area contributed by atoms with Crippen LogP contribution >= 0.6 is 0 Å². The van der Waals surface area contributed by atoms with Crippen molar-refractivity contribution in [1.82, 2.24) is 4.90 Å². The lowest BCUT2D eigenvalue weighted by molar-refractivity contribution is 0.143. The van der Waals surface area contributed by atoms with E-state index in [1.165, 1.54) is 0 Å². The minimum absolute atomic E-state index is 0.00591. The summed E-state index contributed by atoms with van der Waals surface area (Å²) in [6.45, 7) is 6.98. The van der Waals surface area contributed by atoms with E-state index in [0.717, 1.165) is 11.3 Å². The molecule has 0 aromatic heterocycles. The van der Waals surface area contributed by atoms with Crippen molar-refractivity contribution in [3.05, 3.63) is 29.8 Å². The first-order valence-corrected chi connectivity index (χ1v) is 6.87. The van der Waals surface area contributed by atoms with Crippen LogP contribution in [0.15, 0.2) is 24.3 Å². The van der Waals surface area contributed by atoms with Crippen molar-refractivity contribution in [2.45, 2.75) is 32.9 Å². The quantitative estimate of drug-likeness (QED) is 0.841. The standard InChI is InChI=1S/C15H25N3O2/c1-11(2)18(9-10-20-4)15(19)17-14-7-5-13(6-8-14)12(3)16/h5-8,11-12H,9-10,16H2,1-4H3,(H,17,19). The summed E-state index contributed by atoms with van der Waals surface area (Å²) in [7, 11) is 1.63. The van der Waals surface area contributed by atoms with Gasteiger partial charge in [0.05, 0.1) is 6.61 Å². The summed E-state index contributed by atoms with van der Waals surface area (Å²) in [5, 5.41) is 2.89. The predicted octanol–water partition coefficient (Wildman–Crippen LogP) is 2.60. The van der Waals surface area contributed by atoms with Crippen molar-refractivity contribution in [2.24, 2.45) is 5.73 Å². The molecule has 0 heterocycles. The Morgan fingerprint density at radius 3 is 2.35 bits per heavy atom. The zero-order valence-electron chi connectivity index (χ0n) is 12.7. The number of benzene rings is 1. The van der Waals surface area contributed by atoms with E-state index < -0.39 is 0 Å². The average Bonchev–Trinajstić information content (AvgIpc) is 2.39. The van der Waals surface area contributed by atoms with E-state index in [1.807, 2.05) is 45.0 Å². The SMILES string of the molecule is COCCN(C(=O)Nc1ccc(C(C)N)cc1)C(C)C. The number of methoxy groups -OCH3 is 1. The molecule has 0 saturated carbocycles. The van der Waals surface area contributed by atoms with Gasteiger partial charge in [0.2, 0.25) is 0 Å². The largest absolute Gasteiger partial charge is 0.383 e. The van der Waals surface area contributed by atoms with Gasteiger partial charge in [-0.25, -0.2) is 4.79 Å². The van der Waals surface area contributed by atoms with E-state index in [1.54, 1.807) is 12.0 Å². The van der Waals surface area contributed by atoms with Gasteiger partial charge in [-0.15, -0.1) is 0 Å². The van der Waals surface area contributed by atoms with Crippen LogP contribution in [0.5, 0.6) is 0 Å². The molecule has 1 atom stereocenters. The van der Waals surface area contributed by atoms with Crippen LogP contribution < -0.4 is 11.1 Å². The predicted molar refractivity (Wildman–Crippen MR) is 81.8 cm³/mol. The van der Waals surface area contributed by atoms with Crippen molar-refractivity contribution in [3.8, 4) is 0 Å². The van der Waals surface area contributed by atoms with Crippen LogP contribution in [0.3, 0.4) is 0 Å². The van der Waals surface area contributed by atoms with Gasteiger partial charge in [0.15, 0.2) is 0 Å². The smallest absolute Gasteiger partial charge is 0.322 e. The maximum absolute atomic E-state index is 12.2. The number of nitrogens with zero attached hydrogens (tertiary/aromatic N) is 1. The van der Waals surface area contributed by atoms with Gasteiger partial charge >= 0.3 is 6.03 Å². The number of ether oxygens (including phenoxy) is 1. The second-order valence-corrected chi connectivity index (χ2v) is 5.12. The van der Waals surface area contributed by atoms with Gasteiger partial charge in [0.25, 0.3) is 0 Å². The van der Waals surface area contributed by atoms with Crippen LogP contribution in [-0.2, 0) is 4.74 Å². The molecule has 1 aromatic rings. The number of carbonyl (C=O) groups excluding carboxylic acids is 1. The molecule has 0 spiro atoms. The fourth-order valence-electron chi connectivity index (χ4n) is 1.85. The highest BCUT2D eigenvalue weighted by Crippen LogP contribution is 2.15. The summed E-state index contributed by atoms with van der Waals surface area (Å²) in [5.41, 5.74) is 7.61. The fourth-order valence-corrected chi connectivity index (χ4v) is 1.85. The number of hydrogen-bond acceptors (Lipinski definition) is 3. The Bertz CT molecular complexity index is 416. The normalized spacial score (nSPS) is 12.3. The minimum Gasteiger partial charge on any atom is -0.383 e. The molecule has 20 heavy (non-hydrogen) atoms. The number of hydrogen-bond donors (Lipinski definition) is 2. The minimum atomic E-state index is -0.120. The molecule has 3 N–H and O–H groups in total. The highest BCUT2D eigenvalue weighted by Gasteiger charge is 2.16. The molecule has 0 radical (unpaired) electrons. The molecule has 1 aromatic carbocycles. The molecule has 112 valence electrons. The molecule has 0 bridgehead atoms. The molecule has 0 fully saturated rings.